The van der Waals surface area contributed by atoms with Crippen LogP contribution >= 0.6 is 0 Å². The number of benzene rings is 2. The molecule has 1 aliphatic rings. The number of hydrogen-bond acceptors (Lipinski definition) is 5. The fourth-order valence-corrected chi connectivity index (χ4v) is 3.56. The SMILES string of the molecule is COC(=O)C#CC(NCC(=O)OC(C)(C)C)C1c2ccccc2-c2ccccc21. The maximum Gasteiger partial charge on any atom is 0.384 e. The summed E-state index contributed by atoms with van der Waals surface area (Å²) in [7, 11) is 1.29. The normalized spacial score (nSPS) is 13.5. The number of fused-ring (bicyclic) bond motifs is 3. The van der Waals surface area contributed by atoms with Gasteiger partial charge in [-0.15, -0.1) is 0 Å². The lowest BCUT2D eigenvalue weighted by atomic mass is 9.89. The molecule has 0 saturated heterocycles. The van der Waals surface area contributed by atoms with E-state index in [0.29, 0.717) is 0 Å². The Morgan fingerprint density at radius 1 is 1.03 bits per heavy atom. The van der Waals surface area contributed by atoms with Crippen LogP contribution in [0.1, 0.15) is 37.8 Å². The molecule has 29 heavy (non-hydrogen) atoms. The number of carbonyl (C=O) groups is 2. The highest BCUT2D eigenvalue weighted by Gasteiger charge is 2.34. The molecule has 1 unspecified atom stereocenters. The molecular weight excluding hydrogens is 366 g/mol. The Balaban J connectivity index is 1.94. The van der Waals surface area contributed by atoms with Gasteiger partial charge < -0.3 is 9.47 Å². The van der Waals surface area contributed by atoms with Crippen LogP contribution in [-0.4, -0.2) is 37.2 Å². The lowest BCUT2D eigenvalue weighted by Crippen LogP contribution is -2.39. The molecule has 1 atom stereocenters. The van der Waals surface area contributed by atoms with Gasteiger partial charge in [-0.1, -0.05) is 54.5 Å². The van der Waals surface area contributed by atoms with Crippen LogP contribution in [0.25, 0.3) is 11.1 Å². The number of carbonyl (C=O) groups excluding carboxylic acids is 2. The number of ether oxygens (including phenoxy) is 2. The molecule has 0 saturated carbocycles. The maximum atomic E-state index is 12.2. The number of methoxy groups -OCH3 is 1. The average Bonchev–Trinajstić information content (AvgIpc) is 3.01. The van der Waals surface area contributed by atoms with Crippen LogP contribution in [-0.2, 0) is 19.1 Å². The second kappa shape index (κ2) is 8.50. The molecule has 5 heteroatoms. The summed E-state index contributed by atoms with van der Waals surface area (Å²) in [5.41, 5.74) is 3.91. The Morgan fingerprint density at radius 2 is 1.59 bits per heavy atom. The van der Waals surface area contributed by atoms with Gasteiger partial charge >= 0.3 is 11.9 Å². The van der Waals surface area contributed by atoms with Crippen molar-refractivity contribution in [3.05, 3.63) is 59.7 Å². The molecule has 0 bridgehead atoms. The van der Waals surface area contributed by atoms with Crippen molar-refractivity contribution in [3.63, 3.8) is 0 Å². The minimum absolute atomic E-state index is 0.0153. The highest BCUT2D eigenvalue weighted by Crippen LogP contribution is 2.45. The third-order valence-corrected chi connectivity index (χ3v) is 4.62. The van der Waals surface area contributed by atoms with Gasteiger partial charge in [-0.2, -0.15) is 0 Å². The molecule has 0 aromatic heterocycles. The molecule has 150 valence electrons. The molecule has 0 spiro atoms. The molecule has 0 radical (unpaired) electrons. The largest absolute Gasteiger partial charge is 0.459 e. The molecule has 1 aliphatic carbocycles. The first-order chi connectivity index (χ1) is 13.8. The first kappa shape index (κ1) is 20.6. The van der Waals surface area contributed by atoms with Crippen molar-refractivity contribution < 1.29 is 19.1 Å². The number of nitrogens with one attached hydrogen (secondary N) is 1. The lowest BCUT2D eigenvalue weighted by Gasteiger charge is -2.24. The van der Waals surface area contributed by atoms with Crippen LogP contribution in [0, 0.1) is 11.8 Å². The van der Waals surface area contributed by atoms with Crippen LogP contribution in [0.5, 0.6) is 0 Å². The lowest BCUT2D eigenvalue weighted by molar-refractivity contribution is -0.153. The van der Waals surface area contributed by atoms with Gasteiger partial charge in [-0.3, -0.25) is 10.1 Å². The van der Waals surface area contributed by atoms with Crippen molar-refractivity contribution in [2.45, 2.75) is 38.3 Å². The Bertz CT molecular complexity index is 933. The summed E-state index contributed by atoms with van der Waals surface area (Å²) in [6.45, 7) is 5.45. The predicted octanol–water partition coefficient (Wildman–Crippen LogP) is 3.28. The van der Waals surface area contributed by atoms with Crippen molar-refractivity contribution >= 4 is 11.9 Å². The average molecular weight is 391 g/mol. The first-order valence-electron chi connectivity index (χ1n) is 9.53. The Labute approximate surface area is 171 Å². The smallest absolute Gasteiger partial charge is 0.384 e. The fourth-order valence-electron chi connectivity index (χ4n) is 3.56. The molecule has 0 amide bonds. The number of esters is 2. The molecule has 2 aromatic carbocycles. The van der Waals surface area contributed by atoms with Crippen LogP contribution in [0.2, 0.25) is 0 Å². The third kappa shape index (κ3) is 4.85. The second-order valence-electron chi connectivity index (χ2n) is 7.86. The Kier molecular flexibility index (Phi) is 6.05. The van der Waals surface area contributed by atoms with E-state index in [1.165, 1.54) is 7.11 Å². The zero-order chi connectivity index (χ0) is 21.0. The van der Waals surface area contributed by atoms with Crippen molar-refractivity contribution in [2.75, 3.05) is 13.7 Å². The minimum atomic E-state index is -0.617. The second-order valence-corrected chi connectivity index (χ2v) is 7.86. The Morgan fingerprint density at radius 3 is 2.10 bits per heavy atom. The van der Waals surface area contributed by atoms with Crippen molar-refractivity contribution in [2.24, 2.45) is 0 Å². The topological polar surface area (TPSA) is 64.6 Å². The maximum absolute atomic E-state index is 12.2. The van der Waals surface area contributed by atoms with Gasteiger partial charge in [0, 0.05) is 11.8 Å². The van der Waals surface area contributed by atoms with Crippen molar-refractivity contribution in [1.29, 1.82) is 0 Å². The van der Waals surface area contributed by atoms with Gasteiger partial charge in [0.05, 0.1) is 19.7 Å². The monoisotopic (exact) mass is 391 g/mol. The Hall–Kier alpha value is -3.10. The third-order valence-electron chi connectivity index (χ3n) is 4.62. The van der Waals surface area contributed by atoms with Crippen LogP contribution in [0.15, 0.2) is 48.5 Å². The summed E-state index contributed by atoms with van der Waals surface area (Å²) in [5.74, 6) is 4.37. The van der Waals surface area contributed by atoms with Gasteiger partial charge in [0.2, 0.25) is 0 Å². The van der Waals surface area contributed by atoms with E-state index >= 15 is 0 Å². The van der Waals surface area contributed by atoms with Gasteiger partial charge in [-0.25, -0.2) is 4.79 Å². The standard InChI is InChI=1S/C24H25NO4/c1-24(2,3)29-22(27)15-25-20(13-14-21(26)28-4)23-18-11-7-5-9-16(18)17-10-6-8-12-19(17)23/h5-12,20,23,25H,15H2,1-4H3. The zero-order valence-electron chi connectivity index (χ0n) is 17.1. The summed E-state index contributed by atoms with van der Waals surface area (Å²) in [6.07, 6.45) is 0. The van der Waals surface area contributed by atoms with Gasteiger partial charge in [0.1, 0.15) is 5.60 Å². The van der Waals surface area contributed by atoms with E-state index in [-0.39, 0.29) is 18.4 Å². The molecule has 3 rings (SSSR count). The van der Waals surface area contributed by atoms with E-state index in [2.05, 4.69) is 46.2 Å². The fraction of sp³-hybridized carbons (Fsp3) is 0.333. The summed E-state index contributed by atoms with van der Waals surface area (Å²) >= 11 is 0. The highest BCUT2D eigenvalue weighted by atomic mass is 16.6. The van der Waals surface area contributed by atoms with Crippen LogP contribution < -0.4 is 5.32 Å². The van der Waals surface area contributed by atoms with Crippen LogP contribution in [0.3, 0.4) is 0 Å². The molecule has 0 aliphatic heterocycles. The van der Waals surface area contributed by atoms with Gasteiger partial charge in [0.25, 0.3) is 0 Å². The van der Waals surface area contributed by atoms with Gasteiger partial charge in [-0.05, 0) is 43.0 Å². The molecule has 0 fully saturated rings. The zero-order valence-corrected chi connectivity index (χ0v) is 17.1. The summed E-state index contributed by atoms with van der Waals surface area (Å²) in [6, 6.07) is 15.8. The van der Waals surface area contributed by atoms with Gasteiger partial charge in [0.15, 0.2) is 0 Å². The molecule has 2 aromatic rings. The molecule has 5 nitrogen and oxygen atoms in total. The molecule has 1 N–H and O–H groups in total. The van der Waals surface area contributed by atoms with E-state index in [0.717, 1.165) is 22.3 Å². The predicted molar refractivity (Wildman–Crippen MR) is 111 cm³/mol. The van der Waals surface area contributed by atoms with E-state index in [1.807, 2.05) is 45.0 Å². The van der Waals surface area contributed by atoms with E-state index < -0.39 is 17.6 Å². The van der Waals surface area contributed by atoms with Crippen molar-refractivity contribution in [3.8, 4) is 23.0 Å². The minimum Gasteiger partial charge on any atom is -0.459 e. The van der Waals surface area contributed by atoms with Crippen molar-refractivity contribution in [1.82, 2.24) is 5.32 Å². The quantitative estimate of drug-likeness (QED) is 0.492. The number of hydrogen-bond donors (Lipinski definition) is 1. The summed E-state index contributed by atoms with van der Waals surface area (Å²) in [4.78, 5) is 23.9. The summed E-state index contributed by atoms with van der Waals surface area (Å²) < 4.78 is 10.1. The summed E-state index contributed by atoms with van der Waals surface area (Å²) in [5, 5.41) is 3.19. The molecular formula is C24H25NO4. The van der Waals surface area contributed by atoms with E-state index in [1.54, 1.807) is 0 Å². The molecule has 0 heterocycles. The van der Waals surface area contributed by atoms with E-state index in [4.69, 9.17) is 4.74 Å². The first-order valence-corrected chi connectivity index (χ1v) is 9.53. The highest BCUT2D eigenvalue weighted by molar-refractivity contribution is 5.88. The van der Waals surface area contributed by atoms with E-state index in [9.17, 15) is 9.59 Å². The van der Waals surface area contributed by atoms with Crippen LogP contribution in [0.4, 0.5) is 0 Å². The number of rotatable bonds is 4.